The Hall–Kier alpha value is -1.64. The van der Waals surface area contributed by atoms with Crippen molar-refractivity contribution < 1.29 is 5.11 Å². The van der Waals surface area contributed by atoms with Gasteiger partial charge in [0, 0.05) is 31.5 Å². The zero-order chi connectivity index (χ0) is 18.4. The summed E-state index contributed by atoms with van der Waals surface area (Å²) in [6.07, 6.45) is 2.26. The van der Waals surface area contributed by atoms with Gasteiger partial charge in [-0.3, -0.25) is 4.90 Å². The van der Waals surface area contributed by atoms with Crippen LogP contribution in [0, 0.1) is 11.8 Å². The molecule has 1 heterocycles. The van der Waals surface area contributed by atoms with Gasteiger partial charge in [0.25, 0.3) is 0 Å². The Balaban J connectivity index is 1.53. The van der Waals surface area contributed by atoms with Crippen molar-refractivity contribution in [2.45, 2.75) is 51.2 Å². The summed E-state index contributed by atoms with van der Waals surface area (Å²) in [6, 6.07) is 19.5. The van der Waals surface area contributed by atoms with Crippen LogP contribution in [0.4, 0.5) is 0 Å². The van der Waals surface area contributed by atoms with Crippen molar-refractivity contribution in [2.75, 3.05) is 13.1 Å². The van der Waals surface area contributed by atoms with Gasteiger partial charge in [-0.25, -0.2) is 0 Å². The molecule has 0 radical (unpaired) electrons. The average Bonchev–Trinajstić information content (AvgIpc) is 2.80. The number of benzene rings is 2. The van der Waals surface area contributed by atoms with Crippen molar-refractivity contribution in [2.24, 2.45) is 11.8 Å². The third kappa shape index (κ3) is 3.10. The molecule has 0 spiro atoms. The van der Waals surface area contributed by atoms with E-state index in [0.717, 1.165) is 38.0 Å². The summed E-state index contributed by atoms with van der Waals surface area (Å²) in [4.78, 5) is 2.54. The first kappa shape index (κ1) is 17.8. The van der Waals surface area contributed by atoms with Gasteiger partial charge in [-0.15, -0.1) is 0 Å². The van der Waals surface area contributed by atoms with Gasteiger partial charge in [0.1, 0.15) is 0 Å². The summed E-state index contributed by atoms with van der Waals surface area (Å²) in [7, 11) is 0. The van der Waals surface area contributed by atoms with Gasteiger partial charge in [-0.05, 0) is 34.9 Å². The summed E-state index contributed by atoms with van der Waals surface area (Å²) in [5.41, 5.74) is 3.32. The highest BCUT2D eigenvalue weighted by atomic mass is 16.3. The quantitative estimate of drug-likeness (QED) is 0.867. The minimum atomic E-state index is -0.649. The first-order valence-corrected chi connectivity index (χ1v) is 9.97. The second-order valence-electron chi connectivity index (χ2n) is 9.30. The first-order chi connectivity index (χ1) is 12.4. The Morgan fingerprint density at radius 1 is 0.923 bits per heavy atom. The van der Waals surface area contributed by atoms with Crippen LogP contribution in [-0.4, -0.2) is 23.1 Å². The smallest absolute Gasteiger partial charge is 0.0976 e. The summed E-state index contributed by atoms with van der Waals surface area (Å²) in [6.45, 7) is 9.69. The van der Waals surface area contributed by atoms with E-state index in [2.05, 4.69) is 80.3 Å². The van der Waals surface area contributed by atoms with Crippen molar-refractivity contribution in [3.05, 3.63) is 71.3 Å². The third-order valence-corrected chi connectivity index (χ3v) is 6.53. The van der Waals surface area contributed by atoms with Crippen LogP contribution >= 0.6 is 0 Å². The first-order valence-electron chi connectivity index (χ1n) is 9.97. The van der Waals surface area contributed by atoms with Gasteiger partial charge in [0.2, 0.25) is 0 Å². The van der Waals surface area contributed by atoms with Crippen molar-refractivity contribution >= 4 is 0 Å². The molecule has 2 fully saturated rings. The number of likely N-dealkylation sites (tertiary alicyclic amines) is 1. The summed E-state index contributed by atoms with van der Waals surface area (Å²) in [5.74, 6) is 0.677. The van der Waals surface area contributed by atoms with E-state index in [1.807, 2.05) is 0 Å². The van der Waals surface area contributed by atoms with Crippen molar-refractivity contribution in [3.63, 3.8) is 0 Å². The number of piperidine rings is 1. The lowest BCUT2D eigenvalue weighted by molar-refractivity contribution is -0.0914. The van der Waals surface area contributed by atoms with E-state index in [9.17, 15) is 5.11 Å². The monoisotopic (exact) mass is 349 g/mol. The second kappa shape index (κ2) is 6.51. The minimum absolute atomic E-state index is 0.152. The molecule has 1 aliphatic carbocycles. The minimum Gasteiger partial charge on any atom is -0.384 e. The van der Waals surface area contributed by atoms with E-state index < -0.39 is 5.60 Å². The lowest BCUT2D eigenvalue weighted by atomic mass is 9.74. The fourth-order valence-corrected chi connectivity index (χ4v) is 5.01. The highest BCUT2D eigenvalue weighted by molar-refractivity contribution is 5.33. The Kier molecular flexibility index (Phi) is 4.45. The molecule has 138 valence electrons. The topological polar surface area (TPSA) is 23.5 Å². The second-order valence-corrected chi connectivity index (χ2v) is 9.30. The number of aliphatic hydroxyl groups is 1. The molecular formula is C24H31NO. The van der Waals surface area contributed by atoms with E-state index in [0.29, 0.717) is 11.8 Å². The molecule has 2 aliphatic rings. The van der Waals surface area contributed by atoms with Crippen LogP contribution < -0.4 is 0 Å². The SMILES string of the molecule is CC(C)(C)c1ccc(C2(O)[C@@H]3CC[C@H]2CN(Cc2ccccc2)C3)cc1. The van der Waals surface area contributed by atoms with Crippen LogP contribution in [0.15, 0.2) is 54.6 Å². The molecule has 0 amide bonds. The van der Waals surface area contributed by atoms with Crippen LogP contribution in [0.2, 0.25) is 0 Å². The number of fused-ring (bicyclic) bond motifs is 2. The molecule has 1 N–H and O–H groups in total. The Morgan fingerprint density at radius 2 is 1.50 bits per heavy atom. The van der Waals surface area contributed by atoms with Gasteiger partial charge in [-0.1, -0.05) is 75.4 Å². The predicted octanol–water partition coefficient (Wildman–Crippen LogP) is 4.71. The third-order valence-electron chi connectivity index (χ3n) is 6.53. The molecule has 0 aromatic heterocycles. The highest BCUT2D eigenvalue weighted by Gasteiger charge is 2.53. The molecular weight excluding hydrogens is 318 g/mol. The van der Waals surface area contributed by atoms with Gasteiger partial charge >= 0.3 is 0 Å². The van der Waals surface area contributed by atoms with Crippen LogP contribution in [0.25, 0.3) is 0 Å². The highest BCUT2D eigenvalue weighted by Crippen LogP contribution is 2.51. The van der Waals surface area contributed by atoms with Crippen LogP contribution in [-0.2, 0) is 17.6 Å². The molecule has 4 rings (SSSR count). The van der Waals surface area contributed by atoms with E-state index in [4.69, 9.17) is 0 Å². The molecule has 2 aromatic rings. The molecule has 26 heavy (non-hydrogen) atoms. The molecule has 1 aliphatic heterocycles. The Bertz CT molecular complexity index is 730. The fourth-order valence-electron chi connectivity index (χ4n) is 5.01. The summed E-state index contributed by atoms with van der Waals surface area (Å²) < 4.78 is 0. The number of rotatable bonds is 3. The number of nitrogens with zero attached hydrogens (tertiary/aromatic N) is 1. The van der Waals surface area contributed by atoms with Crippen LogP contribution in [0.1, 0.15) is 50.3 Å². The maximum absolute atomic E-state index is 11.7. The Labute approximate surface area is 157 Å². The fraction of sp³-hybridized carbons (Fsp3) is 0.500. The molecule has 1 saturated carbocycles. The lowest BCUT2D eigenvalue weighted by Gasteiger charge is -2.45. The number of hydrogen-bond donors (Lipinski definition) is 1. The Morgan fingerprint density at radius 3 is 2.04 bits per heavy atom. The van der Waals surface area contributed by atoms with E-state index in [1.165, 1.54) is 11.1 Å². The number of hydrogen-bond acceptors (Lipinski definition) is 2. The zero-order valence-electron chi connectivity index (χ0n) is 16.3. The standard InChI is InChI=1S/C24H31NO/c1-23(2,3)19-9-11-20(12-10-19)24(26)21-13-14-22(24)17-25(16-21)15-18-7-5-4-6-8-18/h4-12,21-22,26H,13-17H2,1-3H3/t21-,22+,24?. The largest absolute Gasteiger partial charge is 0.384 e. The van der Waals surface area contributed by atoms with Gasteiger partial charge in [0.05, 0.1) is 5.60 Å². The lowest BCUT2D eigenvalue weighted by Crippen LogP contribution is -2.51. The maximum atomic E-state index is 11.7. The van der Waals surface area contributed by atoms with Crippen molar-refractivity contribution in [3.8, 4) is 0 Å². The average molecular weight is 350 g/mol. The normalized spacial score (nSPS) is 29.1. The zero-order valence-corrected chi connectivity index (χ0v) is 16.3. The molecule has 2 bridgehead atoms. The van der Waals surface area contributed by atoms with E-state index >= 15 is 0 Å². The molecule has 1 saturated heterocycles. The van der Waals surface area contributed by atoms with Gasteiger partial charge in [-0.2, -0.15) is 0 Å². The van der Waals surface area contributed by atoms with Crippen molar-refractivity contribution in [1.29, 1.82) is 0 Å². The molecule has 2 heteroatoms. The van der Waals surface area contributed by atoms with Crippen LogP contribution in [0.5, 0.6) is 0 Å². The van der Waals surface area contributed by atoms with E-state index in [1.54, 1.807) is 0 Å². The van der Waals surface area contributed by atoms with Gasteiger partial charge in [0.15, 0.2) is 0 Å². The van der Waals surface area contributed by atoms with Crippen LogP contribution in [0.3, 0.4) is 0 Å². The molecule has 1 unspecified atom stereocenters. The predicted molar refractivity (Wildman–Crippen MR) is 107 cm³/mol. The molecule has 2 aromatic carbocycles. The molecule has 3 atom stereocenters. The summed E-state index contributed by atoms with van der Waals surface area (Å²) in [5, 5.41) is 11.7. The van der Waals surface area contributed by atoms with E-state index in [-0.39, 0.29) is 5.41 Å². The van der Waals surface area contributed by atoms with Gasteiger partial charge < -0.3 is 5.11 Å². The van der Waals surface area contributed by atoms with Crippen molar-refractivity contribution in [1.82, 2.24) is 4.90 Å². The molecule has 2 nitrogen and oxygen atoms in total. The summed E-state index contributed by atoms with van der Waals surface area (Å²) >= 11 is 0. The maximum Gasteiger partial charge on any atom is 0.0976 e.